The van der Waals surface area contributed by atoms with Crippen molar-refractivity contribution in [3.05, 3.63) is 37.7 Å². The summed E-state index contributed by atoms with van der Waals surface area (Å²) >= 11 is 5.23. The van der Waals surface area contributed by atoms with Gasteiger partial charge < -0.3 is 5.73 Å². The van der Waals surface area contributed by atoms with E-state index in [-0.39, 0.29) is 12.1 Å². The highest BCUT2D eigenvalue weighted by Crippen LogP contribution is 2.32. The monoisotopic (exact) mass is 327 g/mol. The van der Waals surface area contributed by atoms with Crippen LogP contribution in [0.5, 0.6) is 0 Å². The Morgan fingerprint density at radius 2 is 2.00 bits per heavy atom. The van der Waals surface area contributed by atoms with Gasteiger partial charge in [0.1, 0.15) is 6.04 Å². The average Bonchev–Trinajstić information content (AvgIpc) is 2.80. The zero-order valence-electron chi connectivity index (χ0n) is 11.1. The summed E-state index contributed by atoms with van der Waals surface area (Å²) in [4.78, 5) is 1.24. The van der Waals surface area contributed by atoms with Gasteiger partial charge in [-0.15, -0.1) is 11.3 Å². The average molecular weight is 328 g/mol. The van der Waals surface area contributed by atoms with Crippen molar-refractivity contribution < 1.29 is 0 Å². The van der Waals surface area contributed by atoms with E-state index in [1.54, 1.807) is 11.3 Å². The molecule has 0 fully saturated rings. The van der Waals surface area contributed by atoms with Gasteiger partial charge in [-0.2, -0.15) is 5.10 Å². The molecule has 2 aromatic rings. The molecule has 0 aliphatic rings. The van der Waals surface area contributed by atoms with E-state index in [4.69, 9.17) is 5.73 Å². The van der Waals surface area contributed by atoms with Crippen molar-refractivity contribution in [2.24, 2.45) is 5.73 Å². The molecule has 0 amide bonds. The minimum absolute atomic E-state index is 0.0212. The van der Waals surface area contributed by atoms with Crippen LogP contribution in [0.25, 0.3) is 0 Å². The number of nitrogens with two attached hydrogens (primary N) is 1. The maximum atomic E-state index is 6.17. The maximum Gasteiger partial charge on any atom is 0.101 e. The molecule has 0 saturated heterocycles. The van der Waals surface area contributed by atoms with Crippen LogP contribution in [0.2, 0.25) is 0 Å². The molecule has 0 aromatic carbocycles. The highest BCUT2D eigenvalue weighted by atomic mass is 79.9. The molecule has 2 heterocycles. The van der Waals surface area contributed by atoms with Crippen LogP contribution in [0.1, 0.15) is 34.8 Å². The molecule has 3 nitrogen and oxygen atoms in total. The first kappa shape index (κ1) is 13.8. The van der Waals surface area contributed by atoms with E-state index in [0.717, 1.165) is 9.48 Å². The first-order valence-electron chi connectivity index (χ1n) is 5.95. The Bertz CT molecular complexity index is 557. The molecular weight excluding hydrogens is 310 g/mol. The second-order valence-electron chi connectivity index (χ2n) is 4.69. The van der Waals surface area contributed by atoms with Gasteiger partial charge in [0.05, 0.1) is 9.48 Å². The van der Waals surface area contributed by atoms with Crippen LogP contribution in [0.4, 0.5) is 0 Å². The van der Waals surface area contributed by atoms with Crippen LogP contribution in [0, 0.1) is 20.8 Å². The number of hydrogen-bond donors (Lipinski definition) is 1. The lowest BCUT2D eigenvalue weighted by molar-refractivity contribution is 0.449. The SMILES string of the molecule is Cc1nn(C(c2ccc(Br)s2)C(C)N)c(C)c1C. The van der Waals surface area contributed by atoms with Crippen molar-refractivity contribution >= 4 is 27.3 Å². The summed E-state index contributed by atoms with van der Waals surface area (Å²) in [7, 11) is 0. The van der Waals surface area contributed by atoms with E-state index in [9.17, 15) is 0 Å². The second kappa shape index (κ2) is 5.15. The van der Waals surface area contributed by atoms with E-state index in [1.807, 2.05) is 13.8 Å². The Hall–Kier alpha value is -0.650. The molecule has 2 unspecified atom stereocenters. The number of rotatable bonds is 3. The molecule has 0 radical (unpaired) electrons. The van der Waals surface area contributed by atoms with Crippen molar-refractivity contribution in [2.45, 2.75) is 39.8 Å². The largest absolute Gasteiger partial charge is 0.326 e. The molecule has 0 saturated carbocycles. The Balaban J connectivity index is 2.51. The van der Waals surface area contributed by atoms with E-state index in [0.29, 0.717) is 0 Å². The summed E-state index contributed by atoms with van der Waals surface area (Å²) in [5, 5.41) is 4.65. The van der Waals surface area contributed by atoms with Crippen molar-refractivity contribution in [3.63, 3.8) is 0 Å². The smallest absolute Gasteiger partial charge is 0.101 e. The van der Waals surface area contributed by atoms with E-state index < -0.39 is 0 Å². The number of aromatic nitrogens is 2. The molecule has 18 heavy (non-hydrogen) atoms. The first-order chi connectivity index (χ1) is 8.41. The summed E-state index contributed by atoms with van der Waals surface area (Å²) in [5.41, 5.74) is 9.69. The maximum absolute atomic E-state index is 6.17. The van der Waals surface area contributed by atoms with Crippen LogP contribution in [0.15, 0.2) is 15.9 Å². The molecule has 2 aromatic heterocycles. The standard InChI is InChI=1S/C13H18BrN3S/c1-7-9(3)16-17(10(7)4)13(8(2)15)11-5-6-12(14)18-11/h5-6,8,13H,15H2,1-4H3. The van der Waals surface area contributed by atoms with Crippen molar-refractivity contribution in [1.29, 1.82) is 0 Å². The molecule has 0 aliphatic heterocycles. The highest BCUT2D eigenvalue weighted by Gasteiger charge is 2.23. The third-order valence-corrected chi connectivity index (χ3v) is 5.03. The Morgan fingerprint density at radius 1 is 1.33 bits per heavy atom. The minimum Gasteiger partial charge on any atom is -0.326 e. The summed E-state index contributed by atoms with van der Waals surface area (Å²) in [6, 6.07) is 4.31. The number of nitrogens with zero attached hydrogens (tertiary/aromatic N) is 2. The molecule has 98 valence electrons. The third kappa shape index (κ3) is 2.39. The van der Waals surface area contributed by atoms with Gasteiger partial charge in [0, 0.05) is 16.6 Å². The fraction of sp³-hybridized carbons (Fsp3) is 0.462. The predicted octanol–water partition coefficient (Wildman–Crippen LogP) is 3.57. The Morgan fingerprint density at radius 3 is 2.39 bits per heavy atom. The number of aryl methyl sites for hydroxylation is 1. The lowest BCUT2D eigenvalue weighted by Gasteiger charge is -2.21. The predicted molar refractivity (Wildman–Crippen MR) is 80.2 cm³/mol. The summed E-state index contributed by atoms with van der Waals surface area (Å²) in [6.07, 6.45) is 0. The Kier molecular flexibility index (Phi) is 3.94. The van der Waals surface area contributed by atoms with Crippen LogP contribution in [-0.2, 0) is 0 Å². The minimum atomic E-state index is 0.0212. The molecule has 0 spiro atoms. The fourth-order valence-electron chi connectivity index (χ4n) is 2.11. The van der Waals surface area contributed by atoms with Gasteiger partial charge in [0.2, 0.25) is 0 Å². The van der Waals surface area contributed by atoms with E-state index in [1.165, 1.54) is 16.1 Å². The quantitative estimate of drug-likeness (QED) is 0.936. The second-order valence-corrected chi connectivity index (χ2v) is 7.18. The van der Waals surface area contributed by atoms with Gasteiger partial charge in [0.15, 0.2) is 0 Å². The van der Waals surface area contributed by atoms with Gasteiger partial charge in [-0.3, -0.25) is 4.68 Å². The fourth-order valence-corrected chi connectivity index (χ4v) is 3.73. The lowest BCUT2D eigenvalue weighted by atomic mass is 10.1. The van der Waals surface area contributed by atoms with E-state index in [2.05, 4.69) is 51.7 Å². The zero-order chi connectivity index (χ0) is 13.4. The van der Waals surface area contributed by atoms with Gasteiger partial charge >= 0.3 is 0 Å². The highest BCUT2D eigenvalue weighted by molar-refractivity contribution is 9.11. The van der Waals surface area contributed by atoms with Gasteiger partial charge in [0.25, 0.3) is 0 Å². The molecule has 2 N–H and O–H groups in total. The molecule has 2 rings (SSSR count). The molecule has 2 atom stereocenters. The van der Waals surface area contributed by atoms with Crippen molar-refractivity contribution in [3.8, 4) is 0 Å². The van der Waals surface area contributed by atoms with Gasteiger partial charge in [-0.1, -0.05) is 0 Å². The van der Waals surface area contributed by atoms with Crippen molar-refractivity contribution in [1.82, 2.24) is 9.78 Å². The lowest BCUT2D eigenvalue weighted by Crippen LogP contribution is -2.31. The first-order valence-corrected chi connectivity index (χ1v) is 7.56. The molecular formula is C13H18BrN3S. The number of thiophene rings is 1. The summed E-state index contributed by atoms with van der Waals surface area (Å²) < 4.78 is 3.19. The summed E-state index contributed by atoms with van der Waals surface area (Å²) in [6.45, 7) is 8.29. The van der Waals surface area contributed by atoms with Gasteiger partial charge in [-0.05, 0) is 61.3 Å². The van der Waals surface area contributed by atoms with E-state index >= 15 is 0 Å². The molecule has 5 heteroatoms. The van der Waals surface area contributed by atoms with Crippen LogP contribution < -0.4 is 5.73 Å². The normalized spacial score (nSPS) is 14.8. The molecule has 0 bridgehead atoms. The number of hydrogen-bond acceptors (Lipinski definition) is 3. The van der Waals surface area contributed by atoms with Crippen molar-refractivity contribution in [2.75, 3.05) is 0 Å². The van der Waals surface area contributed by atoms with Crippen LogP contribution in [-0.4, -0.2) is 15.8 Å². The topological polar surface area (TPSA) is 43.8 Å². The summed E-state index contributed by atoms with van der Waals surface area (Å²) in [5.74, 6) is 0. The van der Waals surface area contributed by atoms with Gasteiger partial charge in [-0.25, -0.2) is 0 Å². The van der Waals surface area contributed by atoms with Crippen LogP contribution in [0.3, 0.4) is 0 Å². The van der Waals surface area contributed by atoms with Crippen LogP contribution >= 0.6 is 27.3 Å². The Labute approximate surface area is 120 Å². The zero-order valence-corrected chi connectivity index (χ0v) is 13.5. The number of halogens is 1. The molecule has 0 aliphatic carbocycles. The third-order valence-electron chi connectivity index (χ3n) is 3.33.